The normalized spacial score (nSPS) is 14.7. The molecule has 0 saturated heterocycles. The second-order valence-corrected chi connectivity index (χ2v) is 10.1. The molecule has 38 heavy (non-hydrogen) atoms. The van der Waals surface area contributed by atoms with Gasteiger partial charge in [0.25, 0.3) is 0 Å². The van der Waals surface area contributed by atoms with Crippen molar-refractivity contribution in [2.24, 2.45) is 0 Å². The number of benzene rings is 3. The van der Waals surface area contributed by atoms with Crippen LogP contribution in [0.3, 0.4) is 0 Å². The number of aromatic amines is 1. The van der Waals surface area contributed by atoms with Gasteiger partial charge in [0.15, 0.2) is 11.5 Å². The smallest absolute Gasteiger partial charge is 0.313 e. The Bertz CT molecular complexity index is 1330. The van der Waals surface area contributed by atoms with Gasteiger partial charge in [0.05, 0.1) is 19.6 Å². The average molecular weight is 512 g/mol. The summed E-state index contributed by atoms with van der Waals surface area (Å²) in [6.07, 6.45) is 8.30. The summed E-state index contributed by atoms with van der Waals surface area (Å²) >= 11 is 0. The summed E-state index contributed by atoms with van der Waals surface area (Å²) in [4.78, 5) is 16.7. The molecule has 0 aliphatic heterocycles. The van der Waals surface area contributed by atoms with Gasteiger partial charge < -0.3 is 19.2 Å². The number of unbranched alkanes of at least 4 members (excludes halogenated alkanes) is 3. The third-order valence-electron chi connectivity index (χ3n) is 7.44. The molecule has 1 heterocycles. The van der Waals surface area contributed by atoms with Gasteiger partial charge in [-0.05, 0) is 61.3 Å². The molecule has 1 aliphatic rings. The van der Waals surface area contributed by atoms with Gasteiger partial charge in [0.2, 0.25) is 0 Å². The van der Waals surface area contributed by atoms with E-state index in [1.807, 2.05) is 42.5 Å². The number of rotatable bonds is 12. The van der Waals surface area contributed by atoms with E-state index in [-0.39, 0.29) is 11.9 Å². The summed E-state index contributed by atoms with van der Waals surface area (Å²) in [6.45, 7) is 0.934. The molecule has 198 valence electrons. The van der Waals surface area contributed by atoms with Crippen LogP contribution in [0.15, 0.2) is 72.8 Å². The highest BCUT2D eigenvalue weighted by Gasteiger charge is 2.32. The predicted molar refractivity (Wildman–Crippen MR) is 151 cm³/mol. The van der Waals surface area contributed by atoms with E-state index in [2.05, 4.69) is 35.3 Å². The van der Waals surface area contributed by atoms with Crippen LogP contribution in [0, 0.1) is 0 Å². The molecule has 1 unspecified atom stereocenters. The standard InChI is InChI=1S/C33H37NO4/c1-36-30-22-29-27(21-31(30)37-20-11-3-2-6-13-24-14-7-4-8-15-24)32-26(18-12-19-28(32)34-29)33(35)38-23-25-16-9-5-10-17-25/h4-5,7-10,14-17,21-22,26,34H,2-3,6,11-13,18-20,23H2,1H3. The monoisotopic (exact) mass is 511 g/mol. The molecule has 0 saturated carbocycles. The predicted octanol–water partition coefficient (Wildman–Crippen LogP) is 7.52. The molecule has 5 heteroatoms. The fourth-order valence-corrected chi connectivity index (χ4v) is 5.45. The third-order valence-corrected chi connectivity index (χ3v) is 7.44. The molecule has 1 atom stereocenters. The summed E-state index contributed by atoms with van der Waals surface area (Å²) in [7, 11) is 1.67. The number of fused-ring (bicyclic) bond motifs is 3. The number of H-pyrrole nitrogens is 1. The zero-order chi connectivity index (χ0) is 26.2. The Morgan fingerprint density at radius 2 is 1.63 bits per heavy atom. The van der Waals surface area contributed by atoms with Crippen LogP contribution >= 0.6 is 0 Å². The molecule has 5 rings (SSSR count). The van der Waals surface area contributed by atoms with Crippen molar-refractivity contribution in [2.75, 3.05) is 13.7 Å². The molecule has 1 N–H and O–H groups in total. The Kier molecular flexibility index (Phi) is 8.64. The van der Waals surface area contributed by atoms with Gasteiger partial charge in [-0.3, -0.25) is 4.79 Å². The van der Waals surface area contributed by atoms with Gasteiger partial charge in [-0.25, -0.2) is 0 Å². The van der Waals surface area contributed by atoms with E-state index in [1.165, 1.54) is 18.4 Å². The van der Waals surface area contributed by atoms with Crippen LogP contribution in [0.2, 0.25) is 0 Å². The van der Waals surface area contributed by atoms with Crippen molar-refractivity contribution < 1.29 is 19.0 Å². The van der Waals surface area contributed by atoms with Crippen molar-refractivity contribution in [1.29, 1.82) is 0 Å². The number of aromatic nitrogens is 1. The quantitative estimate of drug-likeness (QED) is 0.158. The van der Waals surface area contributed by atoms with Gasteiger partial charge >= 0.3 is 5.97 Å². The largest absolute Gasteiger partial charge is 0.493 e. The Morgan fingerprint density at radius 3 is 2.39 bits per heavy atom. The van der Waals surface area contributed by atoms with Crippen molar-refractivity contribution in [3.05, 3.63) is 95.2 Å². The molecule has 4 aromatic rings. The highest BCUT2D eigenvalue weighted by molar-refractivity contribution is 5.93. The first-order chi connectivity index (χ1) is 18.7. The van der Waals surface area contributed by atoms with Crippen LogP contribution in [0.5, 0.6) is 11.5 Å². The summed E-state index contributed by atoms with van der Waals surface area (Å²) < 4.78 is 17.6. The maximum absolute atomic E-state index is 13.2. The van der Waals surface area contributed by atoms with Gasteiger partial charge in [0.1, 0.15) is 6.61 Å². The topological polar surface area (TPSA) is 60.5 Å². The van der Waals surface area contributed by atoms with Crippen LogP contribution in [0.4, 0.5) is 0 Å². The number of aryl methyl sites for hydroxylation is 2. The summed E-state index contributed by atoms with van der Waals surface area (Å²) in [5, 5.41) is 1.03. The minimum absolute atomic E-state index is 0.163. The number of carbonyl (C=O) groups excluding carboxylic acids is 1. The third kappa shape index (κ3) is 6.21. The van der Waals surface area contributed by atoms with Crippen LogP contribution in [0.1, 0.15) is 66.8 Å². The first kappa shape index (κ1) is 25.9. The molecule has 3 aromatic carbocycles. The van der Waals surface area contributed by atoms with E-state index in [0.717, 1.165) is 72.0 Å². The molecule has 5 nitrogen and oxygen atoms in total. The Balaban J connectivity index is 1.22. The molecule has 1 aliphatic carbocycles. The van der Waals surface area contributed by atoms with E-state index in [9.17, 15) is 4.79 Å². The maximum Gasteiger partial charge on any atom is 0.313 e. The highest BCUT2D eigenvalue weighted by atomic mass is 16.5. The highest BCUT2D eigenvalue weighted by Crippen LogP contribution is 2.42. The number of carbonyl (C=O) groups is 1. The van der Waals surface area contributed by atoms with Gasteiger partial charge in [0, 0.05) is 22.7 Å². The van der Waals surface area contributed by atoms with E-state index in [0.29, 0.717) is 19.0 Å². The molecule has 0 fully saturated rings. The van der Waals surface area contributed by atoms with Crippen LogP contribution in [-0.4, -0.2) is 24.7 Å². The summed E-state index contributed by atoms with van der Waals surface area (Å²) in [5.74, 6) is 1.00. The molecule has 0 spiro atoms. The Morgan fingerprint density at radius 1 is 0.895 bits per heavy atom. The summed E-state index contributed by atoms with van der Waals surface area (Å²) in [6, 6.07) is 24.5. The first-order valence-corrected chi connectivity index (χ1v) is 13.8. The Hall–Kier alpha value is -3.73. The fourth-order valence-electron chi connectivity index (χ4n) is 5.45. The van der Waals surface area contributed by atoms with Crippen molar-refractivity contribution in [3.8, 4) is 11.5 Å². The van der Waals surface area contributed by atoms with E-state index in [4.69, 9.17) is 14.2 Å². The van der Waals surface area contributed by atoms with E-state index >= 15 is 0 Å². The number of hydrogen-bond acceptors (Lipinski definition) is 4. The van der Waals surface area contributed by atoms with E-state index in [1.54, 1.807) is 7.11 Å². The van der Waals surface area contributed by atoms with Crippen molar-refractivity contribution in [1.82, 2.24) is 4.98 Å². The lowest BCUT2D eigenvalue weighted by atomic mass is 9.85. The molecular formula is C33H37NO4. The number of ether oxygens (including phenoxy) is 3. The second kappa shape index (κ2) is 12.7. The second-order valence-electron chi connectivity index (χ2n) is 10.1. The van der Waals surface area contributed by atoms with E-state index < -0.39 is 0 Å². The molecule has 0 bridgehead atoms. The van der Waals surface area contributed by atoms with Crippen molar-refractivity contribution in [2.45, 2.75) is 63.9 Å². The lowest BCUT2D eigenvalue weighted by Gasteiger charge is -2.22. The van der Waals surface area contributed by atoms with Crippen molar-refractivity contribution in [3.63, 3.8) is 0 Å². The minimum atomic E-state index is -0.276. The van der Waals surface area contributed by atoms with Crippen LogP contribution in [-0.2, 0) is 29.0 Å². The van der Waals surface area contributed by atoms with Crippen molar-refractivity contribution >= 4 is 16.9 Å². The lowest BCUT2D eigenvalue weighted by Crippen LogP contribution is -2.20. The first-order valence-electron chi connectivity index (χ1n) is 13.8. The molecular weight excluding hydrogens is 474 g/mol. The SMILES string of the molecule is COc1cc2[nH]c3c(c2cc1OCCCCCCc1ccccc1)C(C(=O)OCc1ccccc1)CCC3. The molecule has 0 amide bonds. The zero-order valence-electron chi connectivity index (χ0n) is 22.2. The average Bonchev–Trinajstić information content (AvgIpc) is 3.33. The lowest BCUT2D eigenvalue weighted by molar-refractivity contribution is -0.147. The van der Waals surface area contributed by atoms with Gasteiger partial charge in [-0.1, -0.05) is 73.5 Å². The van der Waals surface area contributed by atoms with Crippen LogP contribution in [0.25, 0.3) is 10.9 Å². The van der Waals surface area contributed by atoms with Gasteiger partial charge in [-0.2, -0.15) is 0 Å². The van der Waals surface area contributed by atoms with Crippen LogP contribution < -0.4 is 9.47 Å². The van der Waals surface area contributed by atoms with Gasteiger partial charge in [-0.15, -0.1) is 0 Å². The summed E-state index contributed by atoms with van der Waals surface area (Å²) in [5.41, 5.74) is 5.54. The Labute approximate surface area is 225 Å². The number of esters is 1. The zero-order valence-corrected chi connectivity index (χ0v) is 22.2. The molecule has 0 radical (unpaired) electrons. The fraction of sp³-hybridized carbons (Fsp3) is 0.364. The maximum atomic E-state index is 13.2. The molecule has 1 aromatic heterocycles. The number of hydrogen-bond donors (Lipinski definition) is 1. The minimum Gasteiger partial charge on any atom is -0.493 e. The number of methoxy groups -OCH3 is 1. The number of nitrogens with one attached hydrogen (secondary N) is 1.